The van der Waals surface area contributed by atoms with Crippen LogP contribution in [0.25, 0.3) is 0 Å². The Bertz CT molecular complexity index is 567. The number of aromatic nitrogens is 1. The van der Waals surface area contributed by atoms with Crippen molar-refractivity contribution in [1.82, 2.24) is 9.71 Å². The first-order chi connectivity index (χ1) is 8.88. The van der Waals surface area contributed by atoms with Crippen molar-refractivity contribution in [2.24, 2.45) is 5.92 Å². The first kappa shape index (κ1) is 15.2. The summed E-state index contributed by atoms with van der Waals surface area (Å²) in [6.45, 7) is 0.308. The Hall–Kier alpha value is -0.210. The molecule has 0 aromatic carbocycles. The first-order valence-electron chi connectivity index (χ1n) is 5.87. The topological polar surface area (TPSA) is 79.3 Å². The van der Waals surface area contributed by atoms with Gasteiger partial charge in [-0.25, -0.2) is 18.1 Å². The van der Waals surface area contributed by atoms with Gasteiger partial charge in [-0.2, -0.15) is 0 Å². The van der Waals surface area contributed by atoms with Crippen LogP contribution >= 0.6 is 27.5 Å². The van der Waals surface area contributed by atoms with Gasteiger partial charge in [0.1, 0.15) is 10.0 Å². The third-order valence-corrected chi connectivity index (χ3v) is 5.42. The molecule has 1 fully saturated rings. The fourth-order valence-corrected chi connectivity index (χ4v) is 4.19. The molecule has 2 rings (SSSR count). The molecule has 1 heterocycles. The van der Waals surface area contributed by atoms with E-state index in [0.29, 0.717) is 17.4 Å². The molecule has 1 aromatic rings. The van der Waals surface area contributed by atoms with Crippen molar-refractivity contribution in [3.63, 3.8) is 0 Å². The van der Waals surface area contributed by atoms with Gasteiger partial charge in [-0.05, 0) is 47.2 Å². The lowest BCUT2D eigenvalue weighted by atomic mass is 10.1. The molecule has 0 amide bonds. The molecule has 1 aliphatic rings. The first-order valence-corrected chi connectivity index (χ1v) is 8.52. The SMILES string of the molecule is O=S(=O)(NCC1CCC(O)C1)c1cc(Br)cnc1Cl. The molecule has 2 N–H and O–H groups in total. The van der Waals surface area contributed by atoms with E-state index in [-0.39, 0.29) is 22.1 Å². The minimum atomic E-state index is -3.67. The second kappa shape index (κ2) is 6.05. The van der Waals surface area contributed by atoms with Gasteiger partial charge in [0.15, 0.2) is 0 Å². The summed E-state index contributed by atoms with van der Waals surface area (Å²) < 4.78 is 27.3. The number of sulfonamides is 1. The molecular formula is C11H14BrClN2O3S. The minimum absolute atomic E-state index is 0.0397. The van der Waals surface area contributed by atoms with Crippen LogP contribution < -0.4 is 4.72 Å². The zero-order chi connectivity index (χ0) is 14.0. The molecule has 0 radical (unpaired) electrons. The van der Waals surface area contributed by atoms with E-state index in [1.54, 1.807) is 0 Å². The Morgan fingerprint density at radius 2 is 2.26 bits per heavy atom. The normalized spacial score (nSPS) is 23.7. The molecule has 1 aliphatic carbocycles. The van der Waals surface area contributed by atoms with Crippen molar-refractivity contribution in [1.29, 1.82) is 0 Å². The summed E-state index contributed by atoms with van der Waals surface area (Å²) >= 11 is 8.98. The minimum Gasteiger partial charge on any atom is -0.393 e. The number of nitrogens with zero attached hydrogens (tertiary/aromatic N) is 1. The highest BCUT2D eigenvalue weighted by Crippen LogP contribution is 2.26. The summed E-state index contributed by atoms with van der Waals surface area (Å²) in [5.74, 6) is 0.170. The molecule has 0 saturated heterocycles. The summed E-state index contributed by atoms with van der Waals surface area (Å²) in [5, 5.41) is 9.36. The Labute approximate surface area is 125 Å². The number of hydrogen-bond donors (Lipinski definition) is 2. The summed E-state index contributed by atoms with van der Waals surface area (Å²) in [6, 6.07) is 1.42. The molecule has 0 spiro atoms. The van der Waals surface area contributed by atoms with Crippen LogP contribution in [-0.4, -0.2) is 31.2 Å². The zero-order valence-electron chi connectivity index (χ0n) is 10.0. The van der Waals surface area contributed by atoms with E-state index in [4.69, 9.17) is 11.6 Å². The van der Waals surface area contributed by atoms with Crippen molar-refractivity contribution in [3.05, 3.63) is 21.9 Å². The third-order valence-electron chi connectivity index (χ3n) is 3.14. The second-order valence-corrected chi connectivity index (χ2v) is 7.64. The van der Waals surface area contributed by atoms with Crippen LogP contribution in [0.15, 0.2) is 21.6 Å². The molecule has 0 aliphatic heterocycles. The quantitative estimate of drug-likeness (QED) is 0.795. The van der Waals surface area contributed by atoms with Crippen LogP contribution in [0.5, 0.6) is 0 Å². The molecular weight excluding hydrogens is 356 g/mol. The van der Waals surface area contributed by atoms with Crippen molar-refractivity contribution in [2.45, 2.75) is 30.3 Å². The standard InChI is InChI=1S/C11H14BrClN2O3S/c12-8-4-10(11(13)14-6-8)19(17,18)15-5-7-1-2-9(16)3-7/h4,6-7,9,15-16H,1-3,5H2. The van der Waals surface area contributed by atoms with Crippen LogP contribution in [0.2, 0.25) is 5.15 Å². The lowest BCUT2D eigenvalue weighted by Crippen LogP contribution is -2.29. The van der Waals surface area contributed by atoms with Gasteiger partial charge in [0.05, 0.1) is 6.10 Å². The molecule has 8 heteroatoms. The molecule has 2 unspecified atom stereocenters. The van der Waals surface area contributed by atoms with E-state index in [0.717, 1.165) is 12.8 Å². The Balaban J connectivity index is 2.08. The van der Waals surface area contributed by atoms with Crippen molar-refractivity contribution < 1.29 is 13.5 Å². The Kier molecular flexibility index (Phi) is 4.84. The van der Waals surface area contributed by atoms with Crippen LogP contribution in [0, 0.1) is 5.92 Å². The number of rotatable bonds is 4. The third kappa shape index (κ3) is 3.88. The summed E-state index contributed by atoms with van der Waals surface area (Å²) in [5.41, 5.74) is 0. The monoisotopic (exact) mass is 368 g/mol. The van der Waals surface area contributed by atoms with E-state index < -0.39 is 10.0 Å². The summed E-state index contributed by atoms with van der Waals surface area (Å²) in [6.07, 6.45) is 3.31. The van der Waals surface area contributed by atoms with Crippen LogP contribution in [-0.2, 0) is 10.0 Å². The predicted molar refractivity (Wildman–Crippen MR) is 75.5 cm³/mol. The number of aliphatic hydroxyl groups is 1. The largest absolute Gasteiger partial charge is 0.393 e. The van der Waals surface area contributed by atoms with Gasteiger partial charge in [0, 0.05) is 17.2 Å². The molecule has 19 heavy (non-hydrogen) atoms. The average Bonchev–Trinajstić information content (AvgIpc) is 2.76. The van der Waals surface area contributed by atoms with Gasteiger partial charge >= 0.3 is 0 Å². The number of halogens is 2. The molecule has 1 saturated carbocycles. The molecule has 106 valence electrons. The molecule has 2 atom stereocenters. The van der Waals surface area contributed by atoms with E-state index in [1.165, 1.54) is 12.3 Å². The van der Waals surface area contributed by atoms with Gasteiger partial charge < -0.3 is 5.11 Å². The fraction of sp³-hybridized carbons (Fsp3) is 0.545. The molecule has 0 bridgehead atoms. The zero-order valence-corrected chi connectivity index (χ0v) is 13.2. The Morgan fingerprint density at radius 3 is 2.89 bits per heavy atom. The molecule has 5 nitrogen and oxygen atoms in total. The maximum absolute atomic E-state index is 12.1. The Morgan fingerprint density at radius 1 is 1.53 bits per heavy atom. The van der Waals surface area contributed by atoms with Crippen LogP contribution in [0.4, 0.5) is 0 Å². The van der Waals surface area contributed by atoms with Gasteiger partial charge in [0.2, 0.25) is 10.0 Å². The second-order valence-electron chi connectivity index (χ2n) is 4.63. The van der Waals surface area contributed by atoms with Crippen LogP contribution in [0.3, 0.4) is 0 Å². The van der Waals surface area contributed by atoms with E-state index in [2.05, 4.69) is 25.6 Å². The smallest absolute Gasteiger partial charge is 0.243 e. The predicted octanol–water partition coefficient (Wildman–Crippen LogP) is 1.94. The van der Waals surface area contributed by atoms with Gasteiger partial charge in [-0.3, -0.25) is 0 Å². The van der Waals surface area contributed by atoms with Gasteiger partial charge in [-0.1, -0.05) is 11.6 Å². The highest BCUT2D eigenvalue weighted by molar-refractivity contribution is 9.10. The van der Waals surface area contributed by atoms with E-state index in [1.807, 2.05) is 0 Å². The van der Waals surface area contributed by atoms with E-state index in [9.17, 15) is 13.5 Å². The van der Waals surface area contributed by atoms with Crippen LogP contribution in [0.1, 0.15) is 19.3 Å². The lowest BCUT2D eigenvalue weighted by molar-refractivity contribution is 0.178. The maximum atomic E-state index is 12.1. The maximum Gasteiger partial charge on any atom is 0.243 e. The molecule has 1 aromatic heterocycles. The van der Waals surface area contributed by atoms with E-state index >= 15 is 0 Å². The number of aliphatic hydroxyl groups excluding tert-OH is 1. The lowest BCUT2D eigenvalue weighted by Gasteiger charge is -2.12. The van der Waals surface area contributed by atoms with Crippen molar-refractivity contribution in [2.75, 3.05) is 6.54 Å². The number of pyridine rings is 1. The summed E-state index contributed by atoms with van der Waals surface area (Å²) in [7, 11) is -3.67. The van der Waals surface area contributed by atoms with Crippen molar-refractivity contribution in [3.8, 4) is 0 Å². The van der Waals surface area contributed by atoms with Crippen molar-refractivity contribution >= 4 is 37.6 Å². The average molecular weight is 370 g/mol. The summed E-state index contributed by atoms with van der Waals surface area (Å²) in [4.78, 5) is 3.76. The highest BCUT2D eigenvalue weighted by Gasteiger charge is 2.26. The number of nitrogens with one attached hydrogen (secondary N) is 1. The van der Waals surface area contributed by atoms with Gasteiger partial charge in [-0.15, -0.1) is 0 Å². The van der Waals surface area contributed by atoms with Gasteiger partial charge in [0.25, 0.3) is 0 Å². The highest BCUT2D eigenvalue weighted by atomic mass is 79.9. The number of hydrogen-bond acceptors (Lipinski definition) is 4. The fourth-order valence-electron chi connectivity index (χ4n) is 2.13.